The number of hydrogen-bond acceptors (Lipinski definition) is 5. The highest BCUT2D eigenvalue weighted by Crippen LogP contribution is 2.20. The standard InChI is InChI=1S/C18H22N6/c1-2-15-12-17(22-18(21-15)23-9-3-4-10-23)19-13-14-6-5-11-24-16(14)7-8-20-24/h5-8,11-12H,2-4,9-10,13H2,1H3,(H,19,21,22). The van der Waals surface area contributed by atoms with Crippen LogP contribution in [0, 0.1) is 0 Å². The quantitative estimate of drug-likeness (QED) is 0.783. The van der Waals surface area contributed by atoms with Gasteiger partial charge in [-0.05, 0) is 37.0 Å². The van der Waals surface area contributed by atoms with E-state index >= 15 is 0 Å². The van der Waals surface area contributed by atoms with E-state index in [1.54, 1.807) is 0 Å². The average molecular weight is 322 g/mol. The highest BCUT2D eigenvalue weighted by molar-refractivity contribution is 5.55. The summed E-state index contributed by atoms with van der Waals surface area (Å²) in [6.07, 6.45) is 7.15. The Hall–Kier alpha value is -2.63. The first-order chi connectivity index (χ1) is 11.8. The summed E-state index contributed by atoms with van der Waals surface area (Å²) in [6, 6.07) is 8.22. The Morgan fingerprint density at radius 3 is 2.88 bits per heavy atom. The molecule has 3 aromatic rings. The van der Waals surface area contributed by atoms with E-state index in [0.29, 0.717) is 0 Å². The van der Waals surface area contributed by atoms with Gasteiger partial charge >= 0.3 is 0 Å². The van der Waals surface area contributed by atoms with Gasteiger partial charge in [0.15, 0.2) is 0 Å². The number of rotatable bonds is 5. The molecule has 1 fully saturated rings. The number of aryl methyl sites for hydroxylation is 1. The Morgan fingerprint density at radius 2 is 2.04 bits per heavy atom. The molecule has 0 atom stereocenters. The maximum atomic E-state index is 4.73. The first kappa shape index (κ1) is 14.9. The summed E-state index contributed by atoms with van der Waals surface area (Å²) in [5.74, 6) is 1.75. The van der Waals surface area contributed by atoms with Crippen LogP contribution in [-0.4, -0.2) is 32.7 Å². The van der Waals surface area contributed by atoms with Crippen LogP contribution in [0.5, 0.6) is 0 Å². The van der Waals surface area contributed by atoms with Crippen molar-refractivity contribution in [2.45, 2.75) is 32.7 Å². The summed E-state index contributed by atoms with van der Waals surface area (Å²) in [4.78, 5) is 11.7. The normalized spacial score (nSPS) is 14.5. The van der Waals surface area contributed by atoms with Gasteiger partial charge in [-0.1, -0.05) is 13.0 Å². The van der Waals surface area contributed by atoms with E-state index in [0.717, 1.165) is 49.0 Å². The maximum Gasteiger partial charge on any atom is 0.227 e. The fourth-order valence-electron chi connectivity index (χ4n) is 3.16. The Labute approximate surface area is 141 Å². The molecule has 0 aliphatic carbocycles. The van der Waals surface area contributed by atoms with Crippen molar-refractivity contribution in [1.29, 1.82) is 0 Å². The van der Waals surface area contributed by atoms with Gasteiger partial charge in [-0.25, -0.2) is 9.50 Å². The Bertz CT molecular complexity index is 834. The second-order valence-corrected chi connectivity index (χ2v) is 6.14. The molecule has 0 spiro atoms. The molecule has 6 nitrogen and oxygen atoms in total. The zero-order valence-electron chi connectivity index (χ0n) is 13.9. The molecule has 1 aliphatic heterocycles. The highest BCUT2D eigenvalue weighted by atomic mass is 15.3. The molecule has 0 amide bonds. The van der Waals surface area contributed by atoms with Crippen LogP contribution in [0.2, 0.25) is 0 Å². The topological polar surface area (TPSA) is 58.4 Å². The van der Waals surface area contributed by atoms with E-state index in [4.69, 9.17) is 9.97 Å². The SMILES string of the molecule is CCc1cc(NCc2cccn3nccc23)nc(N2CCCC2)n1. The van der Waals surface area contributed by atoms with Crippen LogP contribution in [0.3, 0.4) is 0 Å². The lowest BCUT2D eigenvalue weighted by atomic mass is 10.2. The maximum absolute atomic E-state index is 4.73. The largest absolute Gasteiger partial charge is 0.366 e. The van der Waals surface area contributed by atoms with E-state index in [1.165, 1.54) is 18.4 Å². The molecule has 124 valence electrons. The van der Waals surface area contributed by atoms with Gasteiger partial charge in [0.2, 0.25) is 5.95 Å². The number of nitrogens with zero attached hydrogens (tertiary/aromatic N) is 5. The first-order valence-corrected chi connectivity index (χ1v) is 8.61. The van der Waals surface area contributed by atoms with Crippen LogP contribution >= 0.6 is 0 Å². The molecule has 1 N–H and O–H groups in total. The molecule has 0 aromatic carbocycles. The number of pyridine rings is 1. The van der Waals surface area contributed by atoms with E-state index in [9.17, 15) is 0 Å². The molecule has 4 rings (SSSR count). The fourth-order valence-corrected chi connectivity index (χ4v) is 3.16. The van der Waals surface area contributed by atoms with Gasteiger partial charge in [-0.3, -0.25) is 0 Å². The third-order valence-electron chi connectivity index (χ3n) is 4.50. The average Bonchev–Trinajstić information content (AvgIpc) is 3.31. The van der Waals surface area contributed by atoms with Gasteiger partial charge in [0, 0.05) is 43.8 Å². The zero-order valence-corrected chi connectivity index (χ0v) is 13.9. The van der Waals surface area contributed by atoms with Gasteiger partial charge < -0.3 is 10.2 Å². The minimum atomic E-state index is 0.718. The number of hydrogen-bond donors (Lipinski definition) is 1. The molecule has 0 radical (unpaired) electrons. The van der Waals surface area contributed by atoms with E-state index in [1.807, 2.05) is 29.0 Å². The molecule has 6 heteroatoms. The van der Waals surface area contributed by atoms with Crippen molar-refractivity contribution < 1.29 is 0 Å². The number of fused-ring (bicyclic) bond motifs is 1. The third-order valence-corrected chi connectivity index (χ3v) is 4.50. The van der Waals surface area contributed by atoms with Crippen LogP contribution in [0.4, 0.5) is 11.8 Å². The van der Waals surface area contributed by atoms with Crippen molar-refractivity contribution >= 4 is 17.3 Å². The zero-order chi connectivity index (χ0) is 16.4. The Kier molecular flexibility index (Phi) is 4.02. The van der Waals surface area contributed by atoms with E-state index < -0.39 is 0 Å². The summed E-state index contributed by atoms with van der Waals surface area (Å²) in [5, 5.41) is 7.75. The minimum Gasteiger partial charge on any atom is -0.366 e. The van der Waals surface area contributed by atoms with Crippen molar-refractivity contribution in [3.8, 4) is 0 Å². The van der Waals surface area contributed by atoms with E-state index in [2.05, 4.69) is 34.4 Å². The van der Waals surface area contributed by atoms with Crippen LogP contribution in [-0.2, 0) is 13.0 Å². The van der Waals surface area contributed by atoms with Gasteiger partial charge in [0.05, 0.1) is 5.52 Å². The molecular weight excluding hydrogens is 300 g/mol. The van der Waals surface area contributed by atoms with Gasteiger partial charge in [-0.2, -0.15) is 10.1 Å². The van der Waals surface area contributed by atoms with Gasteiger partial charge in [0.25, 0.3) is 0 Å². The van der Waals surface area contributed by atoms with Gasteiger partial charge in [-0.15, -0.1) is 0 Å². The summed E-state index contributed by atoms with van der Waals surface area (Å²) >= 11 is 0. The van der Waals surface area contributed by atoms with Crippen molar-refractivity contribution in [1.82, 2.24) is 19.6 Å². The number of nitrogens with one attached hydrogen (secondary N) is 1. The van der Waals surface area contributed by atoms with Crippen molar-refractivity contribution in [3.05, 3.63) is 47.9 Å². The fraction of sp³-hybridized carbons (Fsp3) is 0.389. The lowest BCUT2D eigenvalue weighted by Gasteiger charge is -2.17. The monoisotopic (exact) mass is 322 g/mol. The minimum absolute atomic E-state index is 0.718. The highest BCUT2D eigenvalue weighted by Gasteiger charge is 2.16. The van der Waals surface area contributed by atoms with Crippen LogP contribution in [0.25, 0.3) is 5.52 Å². The summed E-state index contributed by atoms with van der Waals surface area (Å²) in [6.45, 7) is 4.96. The molecule has 0 unspecified atom stereocenters. The van der Waals surface area contributed by atoms with Gasteiger partial charge in [0.1, 0.15) is 5.82 Å². The molecule has 3 aromatic heterocycles. The van der Waals surface area contributed by atoms with E-state index in [-0.39, 0.29) is 0 Å². The molecule has 0 bridgehead atoms. The van der Waals surface area contributed by atoms with Crippen molar-refractivity contribution in [2.75, 3.05) is 23.3 Å². The summed E-state index contributed by atoms with van der Waals surface area (Å²) in [7, 11) is 0. The molecule has 24 heavy (non-hydrogen) atoms. The van der Waals surface area contributed by atoms with Crippen LogP contribution in [0.15, 0.2) is 36.7 Å². The Balaban J connectivity index is 1.57. The van der Waals surface area contributed by atoms with Crippen molar-refractivity contribution in [2.24, 2.45) is 0 Å². The second kappa shape index (κ2) is 6.47. The smallest absolute Gasteiger partial charge is 0.227 e. The third kappa shape index (κ3) is 2.91. The lowest BCUT2D eigenvalue weighted by Crippen LogP contribution is -2.21. The number of aromatic nitrogens is 4. The summed E-state index contributed by atoms with van der Waals surface area (Å²) < 4.78 is 1.89. The Morgan fingerprint density at radius 1 is 1.17 bits per heavy atom. The van der Waals surface area contributed by atoms with Crippen molar-refractivity contribution in [3.63, 3.8) is 0 Å². The molecule has 4 heterocycles. The predicted molar refractivity (Wildman–Crippen MR) is 95.4 cm³/mol. The van der Waals surface area contributed by atoms with Crippen LogP contribution in [0.1, 0.15) is 31.0 Å². The molecular formula is C18H22N6. The molecule has 0 saturated carbocycles. The molecule has 1 saturated heterocycles. The molecule has 1 aliphatic rings. The number of anilines is 2. The predicted octanol–water partition coefficient (Wildman–Crippen LogP) is 2.90. The van der Waals surface area contributed by atoms with Crippen LogP contribution < -0.4 is 10.2 Å². The summed E-state index contributed by atoms with van der Waals surface area (Å²) in [5.41, 5.74) is 3.40. The first-order valence-electron chi connectivity index (χ1n) is 8.61. The second-order valence-electron chi connectivity index (χ2n) is 6.14. The lowest BCUT2D eigenvalue weighted by molar-refractivity contribution is 0.872.